The molecule has 2 aliphatic rings. The predicted molar refractivity (Wildman–Crippen MR) is 78.6 cm³/mol. The molecule has 0 aliphatic carbocycles. The van der Waals surface area contributed by atoms with Crippen LogP contribution in [-0.2, 0) is 20.4 Å². The van der Waals surface area contributed by atoms with E-state index in [0.717, 1.165) is 12.8 Å². The molecular formula is C14H24N2O3S. The lowest BCUT2D eigenvalue weighted by Gasteiger charge is -2.45. The van der Waals surface area contributed by atoms with Gasteiger partial charge in [0.15, 0.2) is 0 Å². The van der Waals surface area contributed by atoms with E-state index in [-0.39, 0.29) is 29.8 Å². The van der Waals surface area contributed by atoms with E-state index < -0.39 is 16.8 Å². The maximum absolute atomic E-state index is 12.6. The van der Waals surface area contributed by atoms with Crippen molar-refractivity contribution in [1.29, 1.82) is 0 Å². The fourth-order valence-electron chi connectivity index (χ4n) is 3.13. The Balaban J connectivity index is 2.24. The van der Waals surface area contributed by atoms with Crippen molar-refractivity contribution in [2.24, 2.45) is 5.92 Å². The number of amides is 2. The van der Waals surface area contributed by atoms with Crippen molar-refractivity contribution in [1.82, 2.24) is 10.2 Å². The van der Waals surface area contributed by atoms with Gasteiger partial charge in [0, 0.05) is 28.3 Å². The molecule has 0 aromatic carbocycles. The fraction of sp³-hybridized carbons (Fsp3) is 0.857. The lowest BCUT2D eigenvalue weighted by molar-refractivity contribution is -0.154. The van der Waals surface area contributed by atoms with Crippen LogP contribution < -0.4 is 5.32 Å². The molecule has 6 heteroatoms. The van der Waals surface area contributed by atoms with Crippen molar-refractivity contribution >= 4 is 22.6 Å². The van der Waals surface area contributed by atoms with Gasteiger partial charge in [-0.2, -0.15) is 0 Å². The monoisotopic (exact) mass is 300 g/mol. The minimum Gasteiger partial charge on any atom is -0.343 e. The van der Waals surface area contributed by atoms with Crippen molar-refractivity contribution < 1.29 is 13.8 Å². The first-order valence-corrected chi connectivity index (χ1v) is 8.92. The molecule has 0 saturated carbocycles. The van der Waals surface area contributed by atoms with Crippen LogP contribution in [0.25, 0.3) is 0 Å². The Bertz CT molecular complexity index is 415. The summed E-state index contributed by atoms with van der Waals surface area (Å²) in [5.74, 6) is 1.35. The molecule has 114 valence electrons. The Morgan fingerprint density at radius 3 is 2.40 bits per heavy atom. The summed E-state index contributed by atoms with van der Waals surface area (Å²) in [7, 11) is -0.756. The van der Waals surface area contributed by atoms with Crippen molar-refractivity contribution in [3.8, 4) is 0 Å². The van der Waals surface area contributed by atoms with Gasteiger partial charge in [0.2, 0.25) is 11.8 Å². The lowest BCUT2D eigenvalue weighted by Crippen LogP contribution is -2.67. The van der Waals surface area contributed by atoms with Crippen LogP contribution in [0.3, 0.4) is 0 Å². The third kappa shape index (κ3) is 2.90. The second kappa shape index (κ2) is 6.24. The molecule has 0 aromatic heterocycles. The Hall–Kier alpha value is -0.910. The SMILES string of the molecule is CCC1NC(=O)C(C(C)C)N(C2CCS(=O)CC2)C1=O. The molecule has 1 N–H and O–H groups in total. The average molecular weight is 300 g/mol. The summed E-state index contributed by atoms with van der Waals surface area (Å²) in [6.07, 6.45) is 2.10. The normalized spacial score (nSPS) is 35.3. The molecule has 20 heavy (non-hydrogen) atoms. The molecular weight excluding hydrogens is 276 g/mol. The first-order valence-electron chi connectivity index (χ1n) is 7.43. The van der Waals surface area contributed by atoms with Gasteiger partial charge in [-0.1, -0.05) is 20.8 Å². The van der Waals surface area contributed by atoms with Crippen molar-refractivity contribution in [3.05, 3.63) is 0 Å². The second-order valence-electron chi connectivity index (χ2n) is 5.98. The summed E-state index contributed by atoms with van der Waals surface area (Å²) in [5.41, 5.74) is 0. The van der Waals surface area contributed by atoms with E-state index in [4.69, 9.17) is 0 Å². The molecule has 2 fully saturated rings. The first-order chi connectivity index (χ1) is 9.45. The summed E-state index contributed by atoms with van der Waals surface area (Å²) in [4.78, 5) is 26.7. The quantitative estimate of drug-likeness (QED) is 0.832. The van der Waals surface area contributed by atoms with Crippen molar-refractivity contribution in [2.75, 3.05) is 11.5 Å². The topological polar surface area (TPSA) is 66.5 Å². The molecule has 0 radical (unpaired) electrons. The highest BCUT2D eigenvalue weighted by atomic mass is 32.2. The van der Waals surface area contributed by atoms with Crippen LogP contribution >= 0.6 is 0 Å². The largest absolute Gasteiger partial charge is 0.343 e. The van der Waals surface area contributed by atoms with Crippen LogP contribution in [0.2, 0.25) is 0 Å². The summed E-state index contributed by atoms with van der Waals surface area (Å²) >= 11 is 0. The van der Waals surface area contributed by atoms with Crippen LogP contribution in [0.5, 0.6) is 0 Å². The van der Waals surface area contributed by atoms with Crippen molar-refractivity contribution in [3.63, 3.8) is 0 Å². The highest BCUT2D eigenvalue weighted by Crippen LogP contribution is 2.26. The molecule has 2 amide bonds. The van der Waals surface area contributed by atoms with Crippen LogP contribution in [-0.4, -0.2) is 50.6 Å². The number of nitrogens with one attached hydrogen (secondary N) is 1. The average Bonchev–Trinajstić information content (AvgIpc) is 2.41. The van der Waals surface area contributed by atoms with E-state index in [9.17, 15) is 13.8 Å². The summed E-state index contributed by atoms with van der Waals surface area (Å²) in [5, 5.41) is 2.83. The molecule has 2 saturated heterocycles. The Morgan fingerprint density at radius 2 is 1.90 bits per heavy atom. The number of hydrogen-bond donors (Lipinski definition) is 1. The van der Waals surface area contributed by atoms with Crippen LogP contribution in [0.15, 0.2) is 0 Å². The van der Waals surface area contributed by atoms with E-state index in [1.165, 1.54) is 0 Å². The maximum atomic E-state index is 12.6. The molecule has 2 rings (SSSR count). The van der Waals surface area contributed by atoms with Gasteiger partial charge in [-0.25, -0.2) is 0 Å². The highest BCUT2D eigenvalue weighted by molar-refractivity contribution is 7.85. The van der Waals surface area contributed by atoms with Gasteiger partial charge in [0.1, 0.15) is 12.1 Å². The second-order valence-corrected chi connectivity index (χ2v) is 7.68. The first kappa shape index (κ1) is 15.5. The van der Waals surface area contributed by atoms with E-state index in [1.807, 2.05) is 20.8 Å². The van der Waals surface area contributed by atoms with Gasteiger partial charge < -0.3 is 10.2 Å². The zero-order chi connectivity index (χ0) is 14.9. The van der Waals surface area contributed by atoms with E-state index >= 15 is 0 Å². The van der Waals surface area contributed by atoms with Gasteiger partial charge in [-0.3, -0.25) is 13.8 Å². The van der Waals surface area contributed by atoms with E-state index in [0.29, 0.717) is 17.9 Å². The Morgan fingerprint density at radius 1 is 1.30 bits per heavy atom. The molecule has 0 bridgehead atoms. The molecule has 2 aliphatic heterocycles. The Kier molecular flexibility index (Phi) is 4.83. The van der Waals surface area contributed by atoms with Gasteiger partial charge in [-0.05, 0) is 25.2 Å². The van der Waals surface area contributed by atoms with Crippen LogP contribution in [0.4, 0.5) is 0 Å². The zero-order valence-electron chi connectivity index (χ0n) is 12.4. The molecule has 2 atom stereocenters. The minimum atomic E-state index is -0.756. The third-order valence-corrected chi connectivity index (χ3v) is 5.61. The number of piperazine rings is 1. The standard InChI is InChI=1S/C14H24N2O3S/c1-4-11-14(18)16(10-5-7-20(19)8-6-10)12(9(2)3)13(17)15-11/h9-12H,4-8H2,1-3H3,(H,15,17). The van der Waals surface area contributed by atoms with Crippen LogP contribution in [0.1, 0.15) is 40.0 Å². The molecule has 0 spiro atoms. The summed E-state index contributed by atoms with van der Waals surface area (Å²) in [6.45, 7) is 5.85. The predicted octanol–water partition coefficient (Wildman–Crippen LogP) is 0.659. The third-order valence-electron chi connectivity index (χ3n) is 4.23. The highest BCUT2D eigenvalue weighted by Gasteiger charge is 2.44. The van der Waals surface area contributed by atoms with Gasteiger partial charge in [0.05, 0.1) is 0 Å². The smallest absolute Gasteiger partial charge is 0.246 e. The summed E-state index contributed by atoms with van der Waals surface area (Å²) in [6, 6.07) is -0.723. The van der Waals surface area contributed by atoms with E-state index in [1.54, 1.807) is 4.90 Å². The Labute approximate surface area is 122 Å². The van der Waals surface area contributed by atoms with Gasteiger partial charge in [0.25, 0.3) is 0 Å². The van der Waals surface area contributed by atoms with Crippen LogP contribution in [0, 0.1) is 5.92 Å². The molecule has 2 heterocycles. The fourth-order valence-corrected chi connectivity index (χ4v) is 4.40. The maximum Gasteiger partial charge on any atom is 0.246 e. The minimum absolute atomic E-state index is 0.0310. The van der Waals surface area contributed by atoms with E-state index in [2.05, 4.69) is 5.32 Å². The molecule has 0 aromatic rings. The molecule has 2 unspecified atom stereocenters. The summed E-state index contributed by atoms with van der Waals surface area (Å²) < 4.78 is 11.5. The number of rotatable bonds is 3. The molecule has 5 nitrogen and oxygen atoms in total. The van der Waals surface area contributed by atoms with Gasteiger partial charge in [-0.15, -0.1) is 0 Å². The van der Waals surface area contributed by atoms with Gasteiger partial charge >= 0.3 is 0 Å². The van der Waals surface area contributed by atoms with Crippen molar-refractivity contribution in [2.45, 2.75) is 58.2 Å². The zero-order valence-corrected chi connectivity index (χ0v) is 13.2. The number of carbonyl (C=O) groups is 2. The number of nitrogens with zero attached hydrogens (tertiary/aromatic N) is 1. The lowest BCUT2D eigenvalue weighted by atomic mass is 9.93. The number of hydrogen-bond acceptors (Lipinski definition) is 3. The number of carbonyl (C=O) groups excluding carboxylic acids is 2.